The van der Waals surface area contributed by atoms with Gasteiger partial charge in [0, 0.05) is 90.0 Å². The molecule has 2 saturated heterocycles. The van der Waals surface area contributed by atoms with Crippen molar-refractivity contribution in [1.82, 2.24) is 43.9 Å². The monoisotopic (exact) mass is 858 g/mol. The van der Waals surface area contributed by atoms with Crippen LogP contribution in [0.15, 0.2) is 96.2 Å². The Morgan fingerprint density at radius 3 is 1.59 bits per heavy atom. The van der Waals surface area contributed by atoms with E-state index in [1.54, 1.807) is 6.07 Å². The summed E-state index contributed by atoms with van der Waals surface area (Å²) in [5.74, 6) is 0. The normalized spacial score (nSPS) is 14.5. The summed E-state index contributed by atoms with van der Waals surface area (Å²) < 4.78 is 15.8. The highest BCUT2D eigenvalue weighted by molar-refractivity contribution is 9.10. The smallest absolute Gasteiger partial charge is 0.345 e. The summed E-state index contributed by atoms with van der Waals surface area (Å²) in [5.41, 5.74) is 8.46. The Morgan fingerprint density at radius 2 is 1.14 bits per heavy atom. The van der Waals surface area contributed by atoms with Gasteiger partial charge in [-0.15, -0.1) is 0 Å². The van der Waals surface area contributed by atoms with Crippen LogP contribution in [0.25, 0.3) is 55.7 Å². The van der Waals surface area contributed by atoms with Crippen molar-refractivity contribution in [3.05, 3.63) is 121 Å². The number of likely N-dealkylation sites (N-methyl/N-ethyl adjacent to an activating group) is 2. The lowest BCUT2D eigenvalue weighted by Gasteiger charge is -2.44. The number of aromatic nitrogens is 6. The van der Waals surface area contributed by atoms with Gasteiger partial charge in [0.25, 0.3) is 0 Å². The molecule has 0 spiro atoms. The molecule has 15 heteroatoms. The number of aryl methyl sites for hydroxylation is 4. The van der Waals surface area contributed by atoms with Gasteiger partial charge in [-0.3, -0.25) is 9.97 Å². The molecule has 2 aliphatic heterocycles. The summed E-state index contributed by atoms with van der Waals surface area (Å²) in [6.45, 7) is 12.0. The first kappa shape index (κ1) is 40.1. The van der Waals surface area contributed by atoms with Crippen LogP contribution in [0.2, 0.25) is 0 Å². The zero-order chi connectivity index (χ0) is 41.7. The van der Waals surface area contributed by atoms with E-state index < -0.39 is 5.63 Å². The Hall–Kier alpha value is -5.74. The van der Waals surface area contributed by atoms with E-state index in [9.17, 15) is 9.59 Å². The number of anilines is 1. The minimum absolute atomic E-state index is 0.379. The number of benzene rings is 2. The van der Waals surface area contributed by atoms with Crippen LogP contribution in [0.5, 0.6) is 0 Å². The van der Waals surface area contributed by atoms with Gasteiger partial charge in [0.1, 0.15) is 11.2 Å². The molecule has 10 rings (SSSR count). The van der Waals surface area contributed by atoms with Crippen molar-refractivity contribution in [3.8, 4) is 22.5 Å². The lowest BCUT2D eigenvalue weighted by molar-refractivity contribution is 0.216. The largest absolute Gasteiger partial charge is 0.422 e. The molecule has 8 aromatic rings. The molecule has 59 heavy (non-hydrogen) atoms. The summed E-state index contributed by atoms with van der Waals surface area (Å²) in [5, 5.41) is 4.94. The average Bonchev–Trinajstić information content (AvgIpc) is 3.75. The number of hydrogen-bond acceptors (Lipinski definition) is 12. The van der Waals surface area contributed by atoms with E-state index in [2.05, 4.69) is 90.1 Å². The molecular formula is C44H47BrN10O4. The molecule has 2 aromatic carbocycles. The zero-order valence-corrected chi connectivity index (χ0v) is 36.0. The Bertz CT molecular complexity index is 2980. The van der Waals surface area contributed by atoms with Crippen molar-refractivity contribution >= 4 is 54.9 Å². The van der Waals surface area contributed by atoms with Crippen LogP contribution in [0, 0.1) is 27.7 Å². The predicted octanol–water partition coefficient (Wildman–Crippen LogP) is 6.27. The summed E-state index contributed by atoms with van der Waals surface area (Å²) in [6.07, 6.45) is 7.47. The Morgan fingerprint density at radius 1 is 0.644 bits per heavy atom. The topological polar surface area (TPSA) is 143 Å². The van der Waals surface area contributed by atoms with Gasteiger partial charge < -0.3 is 37.7 Å². The number of nitrogens with zero attached hydrogens (tertiary/aromatic N) is 9. The average molecular weight is 860 g/mol. The minimum Gasteiger partial charge on any atom is -0.422 e. The number of halogens is 1. The fourth-order valence-electron chi connectivity index (χ4n) is 7.24. The van der Waals surface area contributed by atoms with Crippen molar-refractivity contribution in [2.24, 2.45) is 0 Å². The van der Waals surface area contributed by atoms with Gasteiger partial charge in [-0.1, -0.05) is 22.0 Å². The van der Waals surface area contributed by atoms with Crippen molar-refractivity contribution in [2.45, 2.75) is 39.8 Å². The molecular weight excluding hydrogens is 812 g/mol. The summed E-state index contributed by atoms with van der Waals surface area (Å²) in [4.78, 5) is 49.8. The standard InChI is InChI=1S/C22H23N5O2.C17H12BrN3O2.C5H12N2/c1-13-9-27-12-19(24-21(27)14(2)23-13)18-7-15-5-6-16(8-20(15)29-22(18)28)26-10-17(11-26)25(3)4;1-9-7-21-8-14(20-16(21)10(2)19-9)13-5-11-3-4-12(18)6-15(11)23-17(13)22;1-7(2)5-3-6-4-5/h5-9,12,17H,10-11H2,1-4H3;3-8H,1-2H3;5-6H,3-4H2,1-2H3. The second-order valence-electron chi connectivity index (χ2n) is 15.7. The maximum atomic E-state index is 12.7. The van der Waals surface area contributed by atoms with Crippen LogP contribution in [0.1, 0.15) is 22.8 Å². The first-order valence-corrected chi connectivity index (χ1v) is 20.3. The van der Waals surface area contributed by atoms with Gasteiger partial charge >= 0.3 is 11.3 Å². The third kappa shape index (κ3) is 8.28. The predicted molar refractivity (Wildman–Crippen MR) is 236 cm³/mol. The zero-order valence-electron chi connectivity index (χ0n) is 34.4. The summed E-state index contributed by atoms with van der Waals surface area (Å²) >= 11 is 3.37. The van der Waals surface area contributed by atoms with E-state index in [4.69, 9.17) is 8.83 Å². The number of hydrogen-bond donors (Lipinski definition) is 1. The molecule has 0 amide bonds. The maximum absolute atomic E-state index is 12.7. The first-order chi connectivity index (χ1) is 28.2. The molecule has 0 unspecified atom stereocenters. The number of nitrogens with one attached hydrogen (secondary N) is 1. The van der Waals surface area contributed by atoms with E-state index in [0.29, 0.717) is 39.7 Å². The van der Waals surface area contributed by atoms with Crippen LogP contribution in [-0.2, 0) is 0 Å². The van der Waals surface area contributed by atoms with Crippen molar-refractivity contribution in [1.29, 1.82) is 0 Å². The van der Waals surface area contributed by atoms with Crippen LogP contribution in [0.4, 0.5) is 5.69 Å². The number of fused-ring (bicyclic) bond motifs is 4. The molecule has 304 valence electrons. The molecule has 2 aliphatic rings. The van der Waals surface area contributed by atoms with Gasteiger partial charge in [0.05, 0.1) is 45.3 Å². The van der Waals surface area contributed by atoms with Crippen LogP contribution in [0.3, 0.4) is 0 Å². The van der Waals surface area contributed by atoms with Crippen molar-refractivity contribution in [3.63, 3.8) is 0 Å². The highest BCUT2D eigenvalue weighted by Crippen LogP contribution is 2.29. The Kier molecular flexibility index (Phi) is 11.0. The van der Waals surface area contributed by atoms with Crippen molar-refractivity contribution in [2.75, 3.05) is 59.3 Å². The van der Waals surface area contributed by atoms with E-state index >= 15 is 0 Å². The van der Waals surface area contributed by atoms with Crippen LogP contribution < -0.4 is 21.5 Å². The first-order valence-electron chi connectivity index (χ1n) is 19.5. The van der Waals surface area contributed by atoms with Crippen LogP contribution in [-0.4, -0.2) is 105 Å². The van der Waals surface area contributed by atoms with Gasteiger partial charge in [-0.05, 0) is 92.3 Å². The van der Waals surface area contributed by atoms with E-state index in [1.165, 1.54) is 13.1 Å². The lowest BCUT2D eigenvalue weighted by Crippen LogP contribution is -2.57. The Labute approximate surface area is 349 Å². The molecule has 2 fully saturated rings. The molecule has 0 atom stereocenters. The molecule has 0 saturated carbocycles. The van der Waals surface area contributed by atoms with Gasteiger partial charge in [-0.2, -0.15) is 0 Å². The molecule has 6 aromatic heterocycles. The highest BCUT2D eigenvalue weighted by Gasteiger charge is 2.28. The highest BCUT2D eigenvalue weighted by atomic mass is 79.9. The summed E-state index contributed by atoms with van der Waals surface area (Å²) in [6, 6.07) is 16.7. The quantitative estimate of drug-likeness (QED) is 0.195. The van der Waals surface area contributed by atoms with E-state index in [-0.39, 0.29) is 5.63 Å². The minimum atomic E-state index is -0.402. The second kappa shape index (κ2) is 16.1. The number of imidazole rings is 2. The molecule has 1 N–H and O–H groups in total. The van der Waals surface area contributed by atoms with Gasteiger partial charge in [0.15, 0.2) is 11.3 Å². The van der Waals surface area contributed by atoms with Gasteiger partial charge in [-0.25, -0.2) is 19.6 Å². The fourth-order valence-corrected chi connectivity index (χ4v) is 7.58. The van der Waals surface area contributed by atoms with E-state index in [0.717, 1.165) is 74.1 Å². The number of rotatable bonds is 5. The SMILES string of the molecule is CN(C)C1CNC1.Cc1cn2cc(-c3cc4ccc(Br)cc4oc3=O)nc2c(C)n1.Cc1cn2cc(-c3cc4ccc(N5CC(N(C)C)C5)cc4oc3=O)nc2c(C)n1. The molecule has 8 heterocycles. The van der Waals surface area contributed by atoms with Crippen molar-refractivity contribution < 1.29 is 8.83 Å². The second-order valence-corrected chi connectivity index (χ2v) is 16.7. The lowest BCUT2D eigenvalue weighted by atomic mass is 10.1. The summed E-state index contributed by atoms with van der Waals surface area (Å²) in [7, 11) is 8.43. The van der Waals surface area contributed by atoms with Gasteiger partial charge in [0.2, 0.25) is 0 Å². The molecule has 0 bridgehead atoms. The molecule has 0 aliphatic carbocycles. The molecule has 14 nitrogen and oxygen atoms in total. The third-order valence-corrected chi connectivity index (χ3v) is 11.4. The fraction of sp³-hybridized carbons (Fsp3) is 0.318. The molecule has 0 radical (unpaired) electrons. The third-order valence-electron chi connectivity index (χ3n) is 10.9. The van der Waals surface area contributed by atoms with Crippen LogP contribution >= 0.6 is 15.9 Å². The maximum Gasteiger partial charge on any atom is 0.345 e. The Balaban J connectivity index is 0.000000144. The van der Waals surface area contributed by atoms with E-state index in [1.807, 2.05) is 97.7 Å².